The van der Waals surface area contributed by atoms with Crippen LogP contribution in [0.25, 0.3) is 0 Å². The molecule has 9 nitrogen and oxygen atoms in total. The van der Waals surface area contributed by atoms with Gasteiger partial charge in [-0.15, -0.1) is 0 Å². The quantitative estimate of drug-likeness (QED) is 0.213. The highest BCUT2D eigenvalue weighted by atomic mass is 28.4. The van der Waals surface area contributed by atoms with E-state index in [9.17, 15) is 19.8 Å². The highest BCUT2D eigenvalue weighted by molar-refractivity contribution is 6.74. The van der Waals surface area contributed by atoms with Gasteiger partial charge in [0.25, 0.3) is 0 Å². The van der Waals surface area contributed by atoms with Crippen molar-refractivity contribution in [1.29, 1.82) is 0 Å². The van der Waals surface area contributed by atoms with Crippen LogP contribution in [-0.2, 0) is 33.0 Å². The van der Waals surface area contributed by atoms with Crippen LogP contribution in [0.15, 0.2) is 0 Å². The molecule has 2 N–H and O–H groups in total. The van der Waals surface area contributed by atoms with Crippen molar-refractivity contribution >= 4 is 20.3 Å². The lowest BCUT2D eigenvalue weighted by molar-refractivity contribution is -0.217. The first kappa shape index (κ1) is 32.0. The van der Waals surface area contributed by atoms with Gasteiger partial charge in [0.15, 0.2) is 20.2 Å². The Labute approximate surface area is 211 Å². The van der Waals surface area contributed by atoms with Crippen LogP contribution in [-0.4, -0.2) is 80.5 Å². The number of hydrogen-bond acceptors (Lipinski definition) is 9. The molecule has 1 rings (SSSR count). The van der Waals surface area contributed by atoms with Gasteiger partial charge in [0.2, 0.25) is 5.60 Å². The first-order valence-corrected chi connectivity index (χ1v) is 15.5. The van der Waals surface area contributed by atoms with Crippen LogP contribution in [0.3, 0.4) is 0 Å². The standard InChI is InChI=1S/C25H48O9Si/c1-11-12-13-14-15-16-17(34-35(9,10)23(2,3)4)18-20(33-24(5,6)32-18)25(29,22(28)31-8)19(26)21(27)30-7/h17-20,26,29H,11-16H2,1-10H3/t17-,18-,19-,20+,25+/m0/s1. The fraction of sp³-hybridized carbons (Fsp3) is 0.920. The summed E-state index contributed by atoms with van der Waals surface area (Å²) in [5.74, 6) is -3.63. The van der Waals surface area contributed by atoms with Crippen molar-refractivity contribution in [2.75, 3.05) is 14.2 Å². The van der Waals surface area contributed by atoms with Gasteiger partial charge in [0.1, 0.15) is 12.2 Å². The molecule has 0 aromatic rings. The van der Waals surface area contributed by atoms with Crippen molar-refractivity contribution in [1.82, 2.24) is 0 Å². The summed E-state index contributed by atoms with van der Waals surface area (Å²) in [4.78, 5) is 25.1. The average Bonchev–Trinajstić information content (AvgIpc) is 3.10. The smallest absolute Gasteiger partial charge is 0.344 e. The lowest BCUT2D eigenvalue weighted by Crippen LogP contribution is -2.66. The molecule has 1 heterocycles. The first-order valence-electron chi connectivity index (χ1n) is 12.6. The minimum atomic E-state index is -2.77. The van der Waals surface area contributed by atoms with Crippen LogP contribution in [0.1, 0.15) is 80.1 Å². The molecule has 0 aliphatic carbocycles. The van der Waals surface area contributed by atoms with E-state index in [0.29, 0.717) is 6.42 Å². The molecule has 1 aliphatic rings. The number of carbonyl (C=O) groups is 2. The first-order chi connectivity index (χ1) is 16.0. The Hall–Kier alpha value is -1.04. The summed E-state index contributed by atoms with van der Waals surface area (Å²) in [7, 11) is -0.213. The van der Waals surface area contributed by atoms with E-state index >= 15 is 0 Å². The number of hydrogen-bond donors (Lipinski definition) is 2. The van der Waals surface area contributed by atoms with Crippen LogP contribution < -0.4 is 0 Å². The molecule has 10 heteroatoms. The van der Waals surface area contributed by atoms with Gasteiger partial charge < -0.3 is 33.6 Å². The lowest BCUT2D eigenvalue weighted by Gasteiger charge is -2.43. The highest BCUT2D eigenvalue weighted by Gasteiger charge is 2.64. The van der Waals surface area contributed by atoms with Gasteiger partial charge in [-0.1, -0.05) is 59.8 Å². The molecule has 0 unspecified atom stereocenters. The summed E-state index contributed by atoms with van der Waals surface area (Å²) >= 11 is 0. The van der Waals surface area contributed by atoms with Crippen LogP contribution in [0.4, 0.5) is 0 Å². The summed E-state index contributed by atoms with van der Waals surface area (Å²) in [6, 6.07) is 0. The Bertz CT molecular complexity index is 704. The minimum absolute atomic E-state index is 0.109. The number of aliphatic hydroxyl groups excluding tert-OH is 1. The second-order valence-electron chi connectivity index (χ2n) is 11.4. The van der Waals surface area contributed by atoms with Crippen molar-refractivity contribution in [2.45, 2.75) is 134 Å². The van der Waals surface area contributed by atoms with Gasteiger partial charge in [-0.25, -0.2) is 9.59 Å². The number of ether oxygens (including phenoxy) is 4. The minimum Gasteiger partial charge on any atom is -0.467 e. The van der Waals surface area contributed by atoms with E-state index in [0.717, 1.165) is 46.3 Å². The summed E-state index contributed by atoms with van der Waals surface area (Å²) in [5.41, 5.74) is -2.77. The van der Waals surface area contributed by atoms with Crippen molar-refractivity contribution in [2.24, 2.45) is 0 Å². The predicted octanol–water partition coefficient (Wildman–Crippen LogP) is 3.70. The average molecular weight is 521 g/mol. The molecule has 0 bridgehead atoms. The van der Waals surface area contributed by atoms with Gasteiger partial charge in [-0.2, -0.15) is 0 Å². The molecular weight excluding hydrogens is 472 g/mol. The summed E-state index contributed by atoms with van der Waals surface area (Å²) in [5, 5.41) is 22.1. The van der Waals surface area contributed by atoms with E-state index in [1.807, 2.05) is 0 Å². The molecule has 0 amide bonds. The van der Waals surface area contributed by atoms with Crippen molar-refractivity contribution in [3.63, 3.8) is 0 Å². The van der Waals surface area contributed by atoms with Crippen LogP contribution in [0.2, 0.25) is 18.1 Å². The summed E-state index contributed by atoms with van der Waals surface area (Å²) in [6.07, 6.45) is 0.612. The Balaban J connectivity index is 3.48. The van der Waals surface area contributed by atoms with Crippen LogP contribution in [0.5, 0.6) is 0 Å². The van der Waals surface area contributed by atoms with Gasteiger partial charge in [0, 0.05) is 0 Å². The maximum atomic E-state index is 12.8. The fourth-order valence-corrected chi connectivity index (χ4v) is 5.40. The topological polar surface area (TPSA) is 121 Å². The summed E-state index contributed by atoms with van der Waals surface area (Å²) < 4.78 is 28.4. The highest BCUT2D eigenvalue weighted by Crippen LogP contribution is 2.43. The second kappa shape index (κ2) is 12.5. The maximum absolute atomic E-state index is 12.8. The fourth-order valence-electron chi connectivity index (χ4n) is 4.03. The molecule has 0 saturated carbocycles. The normalized spacial score (nSPS) is 23.9. The Kier molecular flexibility index (Phi) is 11.4. The van der Waals surface area contributed by atoms with E-state index < -0.39 is 56.1 Å². The number of aliphatic hydroxyl groups is 2. The van der Waals surface area contributed by atoms with Crippen LogP contribution >= 0.6 is 0 Å². The molecule has 35 heavy (non-hydrogen) atoms. The van der Waals surface area contributed by atoms with Gasteiger partial charge >= 0.3 is 11.9 Å². The molecule has 0 radical (unpaired) electrons. The van der Waals surface area contributed by atoms with Gasteiger partial charge in [-0.05, 0) is 38.4 Å². The number of esters is 2. The molecule has 0 aromatic carbocycles. The second-order valence-corrected chi connectivity index (χ2v) is 16.1. The molecule has 0 aromatic heterocycles. The van der Waals surface area contributed by atoms with E-state index in [2.05, 4.69) is 45.5 Å². The van der Waals surface area contributed by atoms with E-state index in [1.54, 1.807) is 13.8 Å². The molecule has 0 spiro atoms. The van der Waals surface area contributed by atoms with E-state index in [-0.39, 0.29) is 5.04 Å². The van der Waals surface area contributed by atoms with Gasteiger partial charge in [0.05, 0.1) is 20.3 Å². The number of rotatable bonds is 13. The van der Waals surface area contributed by atoms with Crippen LogP contribution in [0, 0.1) is 0 Å². The zero-order valence-corrected chi connectivity index (χ0v) is 24.3. The Morgan fingerprint density at radius 1 is 1.03 bits per heavy atom. The largest absolute Gasteiger partial charge is 0.467 e. The molecule has 5 atom stereocenters. The van der Waals surface area contributed by atoms with Crippen molar-refractivity contribution in [3.8, 4) is 0 Å². The Morgan fingerprint density at radius 3 is 2.09 bits per heavy atom. The number of unbranched alkanes of at least 4 members (excludes halogenated alkanes) is 4. The molecule has 1 aliphatic heterocycles. The third-order valence-electron chi connectivity index (χ3n) is 7.13. The third kappa shape index (κ3) is 7.72. The third-order valence-corrected chi connectivity index (χ3v) is 11.6. The Morgan fingerprint density at radius 2 is 1.60 bits per heavy atom. The van der Waals surface area contributed by atoms with Gasteiger partial charge in [-0.3, -0.25) is 0 Å². The SMILES string of the molecule is CCCCCCC[C@H](O[Si](C)(C)C(C)(C)C)[C@@H]1OC(C)(C)O[C@H]1[C@@](O)(C(=O)OC)[C@@H](O)C(=O)OC. The molecule has 206 valence electrons. The molecular formula is C25H48O9Si. The molecule has 1 saturated heterocycles. The summed E-state index contributed by atoms with van der Waals surface area (Å²) in [6.45, 7) is 16.0. The predicted molar refractivity (Wildman–Crippen MR) is 134 cm³/mol. The zero-order valence-electron chi connectivity index (χ0n) is 23.3. The zero-order chi connectivity index (χ0) is 27.2. The number of methoxy groups -OCH3 is 2. The van der Waals surface area contributed by atoms with E-state index in [1.165, 1.54) is 0 Å². The molecule has 1 fully saturated rings. The van der Waals surface area contributed by atoms with Crippen molar-refractivity contribution < 1.29 is 43.2 Å². The van der Waals surface area contributed by atoms with Crippen molar-refractivity contribution in [3.05, 3.63) is 0 Å². The maximum Gasteiger partial charge on any atom is 0.344 e. The monoisotopic (exact) mass is 520 g/mol. The number of carbonyl (C=O) groups excluding carboxylic acids is 2. The lowest BCUT2D eigenvalue weighted by atomic mass is 9.84. The van der Waals surface area contributed by atoms with E-state index in [4.69, 9.17) is 18.6 Å².